The fraction of sp³-hybridized carbons (Fsp3) is 0.612. The van der Waals surface area contributed by atoms with Crippen molar-refractivity contribution in [2.45, 2.75) is 155 Å². The van der Waals surface area contributed by atoms with Crippen molar-refractivity contribution in [3.63, 3.8) is 0 Å². The van der Waals surface area contributed by atoms with Crippen molar-refractivity contribution in [2.24, 2.45) is 5.41 Å². The molecule has 10 rings (SSSR count). The number of aromatic nitrogens is 1. The largest absolute Gasteiger partial charge is 0.340 e. The molecule has 4 amide bonds. The highest BCUT2D eigenvalue weighted by Gasteiger charge is 2.45. The molecule has 19 heteroatoms. The van der Waals surface area contributed by atoms with E-state index < -0.39 is 5.41 Å². The Hall–Kier alpha value is -5.96. The molecule has 3 N–H and O–H groups in total. The van der Waals surface area contributed by atoms with Crippen molar-refractivity contribution < 1.29 is 32.8 Å². The van der Waals surface area contributed by atoms with E-state index >= 15 is 0 Å². The van der Waals surface area contributed by atoms with Gasteiger partial charge in [-0.1, -0.05) is 64.8 Å². The summed E-state index contributed by atoms with van der Waals surface area (Å²) in [6.45, 7) is 27.2. The van der Waals surface area contributed by atoms with Gasteiger partial charge in [-0.15, -0.1) is 0 Å². The molecule has 17 nitrogen and oxygen atoms in total. The molecule has 7 heterocycles. The van der Waals surface area contributed by atoms with E-state index in [1.165, 1.54) is 24.3 Å². The maximum Gasteiger partial charge on any atom is 0.251 e. The van der Waals surface area contributed by atoms with E-state index in [2.05, 4.69) is 76.8 Å². The zero-order valence-electron chi connectivity index (χ0n) is 52.2. The average Bonchev–Trinajstić information content (AvgIpc) is 1.81. The number of nitrogens with zero attached hydrogens (tertiary/aromatic N) is 8. The van der Waals surface area contributed by atoms with Crippen molar-refractivity contribution in [1.82, 2.24) is 49.9 Å². The average molecular weight is 1190 g/mol. The molecule has 4 fully saturated rings. The molecule has 1 aliphatic carbocycles. The summed E-state index contributed by atoms with van der Waals surface area (Å²) in [5.41, 5.74) is 5.22. The lowest BCUT2D eigenvalue weighted by Crippen LogP contribution is -2.63. The second kappa shape index (κ2) is 26.8. The summed E-state index contributed by atoms with van der Waals surface area (Å²) >= 11 is 0. The first-order valence-corrected chi connectivity index (χ1v) is 31.8. The quantitative estimate of drug-likeness (QED) is 0.123. The Morgan fingerprint density at radius 3 is 1.58 bits per heavy atom. The maximum absolute atomic E-state index is 14.4. The number of ketones is 1. The Bertz CT molecular complexity index is 3110. The van der Waals surface area contributed by atoms with Gasteiger partial charge in [0.15, 0.2) is 5.78 Å². The number of carbonyl (C=O) groups is 5. The monoisotopic (exact) mass is 1190 g/mol. The number of rotatable bonds is 19. The van der Waals surface area contributed by atoms with E-state index in [9.17, 15) is 37.5 Å². The summed E-state index contributed by atoms with van der Waals surface area (Å²) in [5.74, 6) is -0.210. The summed E-state index contributed by atoms with van der Waals surface area (Å²) in [4.78, 5) is 103. The number of piperazine rings is 4. The van der Waals surface area contributed by atoms with Gasteiger partial charge < -0.3 is 35.2 Å². The second-order valence-corrected chi connectivity index (χ2v) is 27.4. The Balaban J connectivity index is 0.632. The molecular formula is C67H93F2N11O6. The highest BCUT2D eigenvalue weighted by molar-refractivity contribution is 6.00. The van der Waals surface area contributed by atoms with Gasteiger partial charge in [-0.3, -0.25) is 48.4 Å². The third kappa shape index (κ3) is 14.8. The Labute approximate surface area is 507 Å². The number of unbranched alkanes of at least 4 members (excludes halogenated alkanes) is 3. The fourth-order valence-corrected chi connectivity index (χ4v) is 14.4. The minimum absolute atomic E-state index is 0.00886. The Kier molecular flexibility index (Phi) is 19.6. The number of fused-ring (bicyclic) bond motifs is 1. The van der Waals surface area contributed by atoms with Crippen molar-refractivity contribution in [3.05, 3.63) is 122 Å². The van der Waals surface area contributed by atoms with Crippen LogP contribution in [0, 0.1) is 17.0 Å². The van der Waals surface area contributed by atoms with Crippen LogP contribution in [0.3, 0.4) is 0 Å². The van der Waals surface area contributed by atoms with Crippen LogP contribution < -0.4 is 21.1 Å². The van der Waals surface area contributed by atoms with Crippen LogP contribution in [0.4, 0.5) is 14.5 Å². The molecular weight excluding hydrogens is 1090 g/mol. The lowest BCUT2D eigenvalue weighted by Gasteiger charge is -2.45. The van der Waals surface area contributed by atoms with Gasteiger partial charge in [-0.25, -0.2) is 8.78 Å². The number of Topliss-reactive ketones (excluding diaryl/α,β-unsaturated/α-hetero) is 1. The summed E-state index contributed by atoms with van der Waals surface area (Å²) in [7, 11) is 0. The molecule has 86 heavy (non-hydrogen) atoms. The zero-order chi connectivity index (χ0) is 61.2. The number of pyridine rings is 1. The van der Waals surface area contributed by atoms with Gasteiger partial charge >= 0.3 is 0 Å². The van der Waals surface area contributed by atoms with Crippen molar-refractivity contribution in [3.8, 4) is 0 Å². The smallest absolute Gasteiger partial charge is 0.251 e. The van der Waals surface area contributed by atoms with Crippen LogP contribution >= 0.6 is 0 Å². The third-order valence-corrected chi connectivity index (χ3v) is 19.6. The number of H-pyrrole nitrogens is 1. The topological polar surface area (TPSA) is 168 Å². The SMILES string of the molecule is C[C@@H]1CN(CC(=O)N2CC(C)(C)C3=C2C=C(Cc2ccc(F)cc2)C(=O)C3)[C@@H](CN2CCN(C(=O)CCCCCCC(=O)N3CCN(C[C@H]4CN[C@H](C)CN4CC(=O)N4CC(C)(C)c5[nH]c(=O)c(Cc6ccc(F)cc6)cc54)[C@H](C)C3)C[C@H]2C)CN1. The van der Waals surface area contributed by atoms with E-state index in [4.69, 9.17) is 0 Å². The number of amides is 4. The van der Waals surface area contributed by atoms with E-state index in [1.807, 2.05) is 45.6 Å². The molecule has 6 aliphatic heterocycles. The molecule has 6 atom stereocenters. The van der Waals surface area contributed by atoms with Gasteiger partial charge in [0.2, 0.25) is 23.6 Å². The summed E-state index contributed by atoms with van der Waals surface area (Å²) in [6.07, 6.45) is 7.28. The highest BCUT2D eigenvalue weighted by atomic mass is 19.1. The molecule has 3 aromatic rings. The Morgan fingerprint density at radius 1 is 0.581 bits per heavy atom. The summed E-state index contributed by atoms with van der Waals surface area (Å²) in [6, 6.07) is 15.2. The first kappa shape index (κ1) is 63.1. The van der Waals surface area contributed by atoms with E-state index in [0.29, 0.717) is 76.1 Å². The normalized spacial score (nSPS) is 25.6. The van der Waals surface area contributed by atoms with Crippen LogP contribution in [-0.4, -0.2) is 210 Å². The molecule has 7 aliphatic rings. The van der Waals surface area contributed by atoms with Gasteiger partial charge in [0.05, 0.1) is 18.8 Å². The first-order valence-electron chi connectivity index (χ1n) is 31.8. The minimum Gasteiger partial charge on any atom is -0.340 e. The molecule has 0 saturated carbocycles. The first-order chi connectivity index (χ1) is 41.0. The van der Waals surface area contributed by atoms with Gasteiger partial charge in [0.1, 0.15) is 11.6 Å². The third-order valence-electron chi connectivity index (χ3n) is 19.6. The van der Waals surface area contributed by atoms with Gasteiger partial charge in [-0.2, -0.15) is 0 Å². The van der Waals surface area contributed by atoms with Crippen LogP contribution in [0.25, 0.3) is 0 Å². The van der Waals surface area contributed by atoms with Crippen LogP contribution in [0.15, 0.2) is 82.3 Å². The number of hydrogen-bond acceptors (Lipinski definition) is 12. The second-order valence-electron chi connectivity index (χ2n) is 27.4. The highest BCUT2D eigenvalue weighted by Crippen LogP contribution is 2.45. The van der Waals surface area contributed by atoms with Crippen molar-refractivity contribution in [2.75, 3.05) is 110 Å². The predicted octanol–water partition coefficient (Wildman–Crippen LogP) is 5.86. The molecule has 0 bridgehead atoms. The molecule has 466 valence electrons. The lowest BCUT2D eigenvalue weighted by molar-refractivity contribution is -0.135. The van der Waals surface area contributed by atoms with Crippen LogP contribution in [0.1, 0.15) is 123 Å². The van der Waals surface area contributed by atoms with E-state index in [0.717, 1.165) is 112 Å². The number of anilines is 1. The number of allylic oxidation sites excluding steroid dienone is 2. The molecule has 1 aromatic heterocycles. The maximum atomic E-state index is 14.4. The number of nitrogens with one attached hydrogen (secondary N) is 3. The van der Waals surface area contributed by atoms with Gasteiger partial charge in [0, 0.05) is 193 Å². The molecule has 2 aromatic carbocycles. The minimum atomic E-state index is -0.439. The Morgan fingerprint density at radius 2 is 1.07 bits per heavy atom. The number of hydrogen-bond donors (Lipinski definition) is 3. The van der Waals surface area contributed by atoms with Crippen molar-refractivity contribution in [1.29, 1.82) is 0 Å². The molecule has 0 unspecified atom stereocenters. The molecule has 0 spiro atoms. The standard InChI is InChI=1S/C67H93F2N11O6/c1-44-34-77(40-62(84)79-42-66(5,6)56-31-59(81)50(29-57(56)79)27-48-15-19-52(68)20-16-48)54(32-70-44)38-73-23-25-75(36-46(73)3)60(82)13-11-9-10-12-14-61(83)76-26-24-74(47(4)37-76)39-55-33-71-45(2)35-78(55)41-63(85)80-43-67(7,8)64-58(80)30-51(65(86)72-64)28-49-17-21-53(69)22-18-49/h15-22,29-30,44-47,54-55,70-71H,9-14,23-28,31-43H2,1-8H3,(H,72,86)/t44-,45-,46-,47-,54-,55-/m1/s1. The van der Waals surface area contributed by atoms with Gasteiger partial charge in [0.25, 0.3) is 5.56 Å². The van der Waals surface area contributed by atoms with Crippen LogP contribution in [0.5, 0.6) is 0 Å². The summed E-state index contributed by atoms with van der Waals surface area (Å²) < 4.78 is 27.3. The van der Waals surface area contributed by atoms with Gasteiger partial charge in [-0.05, 0) is 93.6 Å². The lowest BCUT2D eigenvalue weighted by atomic mass is 9.79. The number of halogens is 2. The van der Waals surface area contributed by atoms with Crippen LogP contribution in [0.2, 0.25) is 0 Å². The molecule has 0 radical (unpaired) electrons. The number of aromatic amines is 1. The van der Waals surface area contributed by atoms with Crippen molar-refractivity contribution >= 4 is 35.1 Å². The predicted molar refractivity (Wildman–Crippen MR) is 331 cm³/mol. The molecule has 4 saturated heterocycles. The van der Waals surface area contributed by atoms with E-state index in [-0.39, 0.29) is 108 Å². The number of benzene rings is 2. The number of carbonyl (C=O) groups excluding carboxylic acids is 5. The van der Waals surface area contributed by atoms with E-state index in [1.54, 1.807) is 24.3 Å². The fourth-order valence-electron chi connectivity index (χ4n) is 14.4. The zero-order valence-corrected chi connectivity index (χ0v) is 52.2. The van der Waals surface area contributed by atoms with Crippen LogP contribution in [-0.2, 0) is 42.2 Å². The summed E-state index contributed by atoms with van der Waals surface area (Å²) in [5, 5.41) is 7.29.